The van der Waals surface area contributed by atoms with Gasteiger partial charge < -0.3 is 0 Å². The van der Waals surface area contributed by atoms with E-state index in [2.05, 4.69) is 0 Å². The SMILES string of the molecule is CCON(OCC)C(=O)CC. The minimum atomic E-state index is -0.159. The van der Waals surface area contributed by atoms with Crippen LogP contribution >= 0.6 is 0 Å². The summed E-state index contributed by atoms with van der Waals surface area (Å²) in [6.07, 6.45) is 0.389. The van der Waals surface area contributed by atoms with Crippen molar-refractivity contribution in [3.8, 4) is 0 Å². The van der Waals surface area contributed by atoms with Crippen LogP contribution in [0, 0.1) is 0 Å². The van der Waals surface area contributed by atoms with Gasteiger partial charge in [-0.25, -0.2) is 9.68 Å². The van der Waals surface area contributed by atoms with Crippen LogP contribution in [0.15, 0.2) is 0 Å². The van der Waals surface area contributed by atoms with Crippen molar-refractivity contribution < 1.29 is 14.5 Å². The Hall–Kier alpha value is -0.610. The van der Waals surface area contributed by atoms with Crippen molar-refractivity contribution in [1.29, 1.82) is 0 Å². The van der Waals surface area contributed by atoms with Gasteiger partial charge in [0.2, 0.25) is 0 Å². The summed E-state index contributed by atoms with van der Waals surface area (Å²) in [5, 5.41) is 0.944. The zero-order chi connectivity index (χ0) is 8.69. The van der Waals surface area contributed by atoms with Gasteiger partial charge in [0, 0.05) is 6.42 Å². The average Bonchev–Trinajstić information content (AvgIpc) is 2.03. The molecule has 66 valence electrons. The van der Waals surface area contributed by atoms with Crippen LogP contribution in [0.2, 0.25) is 0 Å². The first kappa shape index (κ1) is 10.4. The summed E-state index contributed by atoms with van der Waals surface area (Å²) in [5.74, 6) is -0.159. The Morgan fingerprint density at radius 1 is 1.18 bits per heavy atom. The number of carbonyl (C=O) groups excluding carboxylic acids is 1. The van der Waals surface area contributed by atoms with E-state index < -0.39 is 0 Å². The van der Waals surface area contributed by atoms with Crippen LogP contribution in [0.1, 0.15) is 27.2 Å². The molecule has 0 aromatic heterocycles. The number of amides is 1. The molecule has 0 rings (SSSR count). The van der Waals surface area contributed by atoms with Crippen molar-refractivity contribution in [2.45, 2.75) is 27.2 Å². The molecule has 1 amide bonds. The second-order valence-corrected chi connectivity index (χ2v) is 1.84. The van der Waals surface area contributed by atoms with Crippen molar-refractivity contribution in [3.63, 3.8) is 0 Å². The van der Waals surface area contributed by atoms with E-state index in [9.17, 15) is 4.79 Å². The van der Waals surface area contributed by atoms with Gasteiger partial charge in [0.1, 0.15) is 0 Å². The van der Waals surface area contributed by atoms with Crippen LogP contribution in [0.3, 0.4) is 0 Å². The van der Waals surface area contributed by atoms with Crippen LogP contribution in [0.25, 0.3) is 0 Å². The topological polar surface area (TPSA) is 38.8 Å². The minimum absolute atomic E-state index is 0.159. The van der Waals surface area contributed by atoms with Crippen molar-refractivity contribution in [1.82, 2.24) is 5.23 Å². The van der Waals surface area contributed by atoms with Gasteiger partial charge in [0.05, 0.1) is 13.2 Å². The lowest BCUT2D eigenvalue weighted by Crippen LogP contribution is -2.30. The van der Waals surface area contributed by atoms with Gasteiger partial charge in [0.25, 0.3) is 5.91 Å². The fourth-order valence-electron chi connectivity index (χ4n) is 0.545. The Morgan fingerprint density at radius 3 is 1.91 bits per heavy atom. The molecule has 0 spiro atoms. The molecule has 11 heavy (non-hydrogen) atoms. The van der Waals surface area contributed by atoms with Crippen molar-refractivity contribution in [3.05, 3.63) is 0 Å². The maximum Gasteiger partial charge on any atom is 0.273 e. The molecule has 0 aromatic carbocycles. The predicted molar refractivity (Wildman–Crippen MR) is 40.4 cm³/mol. The number of nitrogens with zero attached hydrogens (tertiary/aromatic N) is 1. The second kappa shape index (κ2) is 6.12. The van der Waals surface area contributed by atoms with E-state index in [1.54, 1.807) is 20.8 Å². The second-order valence-electron chi connectivity index (χ2n) is 1.84. The van der Waals surface area contributed by atoms with Crippen LogP contribution < -0.4 is 0 Å². The van der Waals surface area contributed by atoms with Gasteiger partial charge in [-0.1, -0.05) is 12.2 Å². The van der Waals surface area contributed by atoms with Crippen LogP contribution in [0.4, 0.5) is 0 Å². The lowest BCUT2D eigenvalue weighted by molar-refractivity contribution is -0.338. The van der Waals surface area contributed by atoms with Gasteiger partial charge in [-0.05, 0) is 13.8 Å². The first-order valence-electron chi connectivity index (χ1n) is 3.85. The summed E-state index contributed by atoms with van der Waals surface area (Å²) in [6, 6.07) is 0. The van der Waals surface area contributed by atoms with E-state index >= 15 is 0 Å². The molecule has 0 atom stereocenters. The average molecular weight is 161 g/mol. The lowest BCUT2D eigenvalue weighted by atomic mass is 10.5. The molecule has 0 saturated heterocycles. The smallest absolute Gasteiger partial charge is 0.270 e. The highest BCUT2D eigenvalue weighted by Gasteiger charge is 2.10. The third kappa shape index (κ3) is 3.95. The molecule has 0 radical (unpaired) electrons. The van der Waals surface area contributed by atoms with Crippen molar-refractivity contribution in [2.75, 3.05) is 13.2 Å². The molecule has 4 heteroatoms. The summed E-state index contributed by atoms with van der Waals surface area (Å²) >= 11 is 0. The maximum absolute atomic E-state index is 11.0. The molecule has 0 heterocycles. The van der Waals surface area contributed by atoms with E-state index in [0.717, 1.165) is 5.23 Å². The van der Waals surface area contributed by atoms with Crippen LogP contribution in [-0.4, -0.2) is 24.3 Å². The van der Waals surface area contributed by atoms with Gasteiger partial charge >= 0.3 is 0 Å². The third-order valence-corrected chi connectivity index (χ3v) is 0.999. The molecule has 4 nitrogen and oxygen atoms in total. The zero-order valence-corrected chi connectivity index (χ0v) is 7.29. The summed E-state index contributed by atoms with van der Waals surface area (Å²) in [7, 11) is 0. The quantitative estimate of drug-likeness (QED) is 0.567. The molecule has 0 aliphatic rings. The van der Waals surface area contributed by atoms with Crippen LogP contribution in [0.5, 0.6) is 0 Å². The van der Waals surface area contributed by atoms with Gasteiger partial charge in [0.15, 0.2) is 0 Å². The molecule has 0 aromatic rings. The fourth-order valence-corrected chi connectivity index (χ4v) is 0.545. The summed E-state index contributed by atoms with van der Waals surface area (Å²) < 4.78 is 0. The molecular weight excluding hydrogens is 146 g/mol. The number of hydrogen-bond acceptors (Lipinski definition) is 3. The molecule has 0 saturated carbocycles. The number of rotatable bonds is 5. The number of carbonyl (C=O) groups is 1. The van der Waals surface area contributed by atoms with Crippen molar-refractivity contribution >= 4 is 5.91 Å². The van der Waals surface area contributed by atoms with E-state index in [-0.39, 0.29) is 5.91 Å². The number of hydrogen-bond donors (Lipinski definition) is 0. The molecule has 0 aliphatic carbocycles. The summed E-state index contributed by atoms with van der Waals surface area (Å²) in [4.78, 5) is 20.8. The molecule has 0 aliphatic heterocycles. The molecule has 0 N–H and O–H groups in total. The highest BCUT2D eigenvalue weighted by Crippen LogP contribution is 1.96. The first-order valence-corrected chi connectivity index (χ1v) is 3.85. The molecular formula is C7H15NO3. The Kier molecular flexibility index (Phi) is 5.78. The molecule has 0 unspecified atom stereocenters. The zero-order valence-electron chi connectivity index (χ0n) is 7.29. The third-order valence-electron chi connectivity index (χ3n) is 0.999. The molecule has 0 fully saturated rings. The Balaban J connectivity index is 3.76. The summed E-state index contributed by atoms with van der Waals surface area (Å²) in [6.45, 7) is 6.23. The van der Waals surface area contributed by atoms with E-state index in [1.807, 2.05) is 0 Å². The predicted octanol–water partition coefficient (Wildman–Crippen LogP) is 1.13. The van der Waals surface area contributed by atoms with Gasteiger partial charge in [-0.15, -0.1) is 0 Å². The molecule has 0 bridgehead atoms. The summed E-state index contributed by atoms with van der Waals surface area (Å²) in [5.41, 5.74) is 0. The number of hydroxylamine groups is 2. The lowest BCUT2D eigenvalue weighted by Gasteiger charge is -2.17. The van der Waals surface area contributed by atoms with Gasteiger partial charge in [-0.3, -0.25) is 4.79 Å². The Bertz CT molecular complexity index is 110. The fraction of sp³-hybridized carbons (Fsp3) is 0.857. The van der Waals surface area contributed by atoms with E-state index in [1.165, 1.54) is 0 Å². The maximum atomic E-state index is 11.0. The Labute approximate surface area is 67.0 Å². The van der Waals surface area contributed by atoms with Gasteiger partial charge in [-0.2, -0.15) is 0 Å². The largest absolute Gasteiger partial charge is 0.273 e. The normalized spacial score (nSPS) is 9.73. The van der Waals surface area contributed by atoms with E-state index in [0.29, 0.717) is 19.6 Å². The first-order chi connectivity index (χ1) is 5.26. The van der Waals surface area contributed by atoms with Crippen LogP contribution in [-0.2, 0) is 14.5 Å². The Morgan fingerprint density at radius 2 is 1.64 bits per heavy atom. The highest BCUT2D eigenvalue weighted by molar-refractivity contribution is 5.73. The van der Waals surface area contributed by atoms with Crippen molar-refractivity contribution in [2.24, 2.45) is 0 Å². The monoisotopic (exact) mass is 161 g/mol. The minimum Gasteiger partial charge on any atom is -0.270 e. The highest BCUT2D eigenvalue weighted by atomic mass is 17.0. The van der Waals surface area contributed by atoms with E-state index in [4.69, 9.17) is 9.68 Å². The standard InChI is InChI=1S/C7H15NO3/c1-4-7(9)8(10-5-2)11-6-3/h4-6H2,1-3H3.